The average Bonchev–Trinajstić information content (AvgIpc) is 3.18. The van der Waals surface area contributed by atoms with Crippen molar-refractivity contribution in [2.45, 2.75) is 25.6 Å². The van der Waals surface area contributed by atoms with Gasteiger partial charge < -0.3 is 14.2 Å². The number of carbonyl (C=O) groups is 2. The number of imidazole rings is 1. The van der Waals surface area contributed by atoms with Crippen molar-refractivity contribution < 1.29 is 27.5 Å². The lowest BCUT2D eigenvalue weighted by Crippen LogP contribution is -2.39. The number of hydrogen-bond acceptors (Lipinski definition) is 4. The summed E-state index contributed by atoms with van der Waals surface area (Å²) in [5.74, 6) is -1.53. The van der Waals surface area contributed by atoms with Gasteiger partial charge in [0.1, 0.15) is 0 Å². The highest BCUT2D eigenvalue weighted by atomic mass is 19.4. The van der Waals surface area contributed by atoms with Crippen LogP contribution in [0.2, 0.25) is 0 Å². The molecule has 168 valence electrons. The highest BCUT2D eigenvalue weighted by molar-refractivity contribution is 5.96. The highest BCUT2D eigenvalue weighted by Gasteiger charge is 2.38. The first-order valence-electron chi connectivity index (χ1n) is 10.3. The maximum atomic E-state index is 13.5. The minimum absolute atomic E-state index is 0.000503. The van der Waals surface area contributed by atoms with Crippen LogP contribution in [0.3, 0.4) is 0 Å². The number of esters is 1. The Kier molecular flexibility index (Phi) is 5.90. The van der Waals surface area contributed by atoms with Crippen LogP contribution in [0.5, 0.6) is 0 Å². The number of rotatable bonds is 4. The Labute approximate surface area is 182 Å². The van der Waals surface area contributed by atoms with Crippen molar-refractivity contribution in [2.24, 2.45) is 5.92 Å². The molecule has 4 rings (SSSR count). The summed E-state index contributed by atoms with van der Waals surface area (Å²) in [6, 6.07) is 12.8. The topological polar surface area (TPSA) is 64.4 Å². The van der Waals surface area contributed by atoms with E-state index in [4.69, 9.17) is 0 Å². The monoisotopic (exact) mass is 445 g/mol. The zero-order valence-corrected chi connectivity index (χ0v) is 17.4. The molecule has 0 radical (unpaired) electrons. The van der Waals surface area contributed by atoms with Gasteiger partial charge in [0.05, 0.1) is 23.7 Å². The van der Waals surface area contributed by atoms with E-state index in [1.807, 2.05) is 0 Å². The number of nitrogens with zero attached hydrogens (tertiary/aromatic N) is 3. The number of likely N-dealkylation sites (tertiary alicyclic amines) is 1. The number of piperidine rings is 1. The number of hydrogen-bond donors (Lipinski definition) is 0. The Balaban J connectivity index is 1.44. The van der Waals surface area contributed by atoms with E-state index in [2.05, 4.69) is 9.72 Å². The Bertz CT molecular complexity index is 1130. The molecule has 0 bridgehead atoms. The molecule has 2 aromatic carbocycles. The van der Waals surface area contributed by atoms with Crippen molar-refractivity contribution >= 4 is 22.9 Å². The van der Waals surface area contributed by atoms with Gasteiger partial charge in [0.2, 0.25) is 5.82 Å². The Hall–Kier alpha value is -3.36. The van der Waals surface area contributed by atoms with Gasteiger partial charge in [-0.25, -0.2) is 9.78 Å². The third kappa shape index (κ3) is 4.32. The number of para-hydroxylation sites is 2. The fourth-order valence-electron chi connectivity index (χ4n) is 4.10. The van der Waals surface area contributed by atoms with Crippen LogP contribution in [0.25, 0.3) is 11.0 Å². The number of ether oxygens (including phenoxy) is 1. The van der Waals surface area contributed by atoms with Crippen molar-refractivity contribution in [1.82, 2.24) is 14.5 Å². The molecule has 9 heteroatoms. The highest BCUT2D eigenvalue weighted by Crippen LogP contribution is 2.33. The van der Waals surface area contributed by atoms with Crippen LogP contribution in [-0.4, -0.2) is 46.5 Å². The normalized spacial score (nSPS) is 15.2. The summed E-state index contributed by atoms with van der Waals surface area (Å²) in [4.78, 5) is 29.8. The Morgan fingerprint density at radius 1 is 1.03 bits per heavy atom. The summed E-state index contributed by atoms with van der Waals surface area (Å²) < 4.78 is 46.5. The number of carbonyl (C=O) groups excluding carboxylic acids is 2. The van der Waals surface area contributed by atoms with Gasteiger partial charge in [-0.05, 0) is 55.2 Å². The zero-order chi connectivity index (χ0) is 22.9. The molecule has 1 fully saturated rings. The van der Waals surface area contributed by atoms with E-state index in [9.17, 15) is 22.8 Å². The molecule has 1 aliphatic heterocycles. The van der Waals surface area contributed by atoms with Crippen LogP contribution in [0.4, 0.5) is 13.2 Å². The summed E-state index contributed by atoms with van der Waals surface area (Å²) in [5.41, 5.74) is 1.60. The van der Waals surface area contributed by atoms with Crippen LogP contribution < -0.4 is 0 Å². The van der Waals surface area contributed by atoms with E-state index >= 15 is 0 Å². The van der Waals surface area contributed by atoms with Crippen LogP contribution in [0.1, 0.15) is 39.4 Å². The van der Waals surface area contributed by atoms with Crippen molar-refractivity contribution in [3.63, 3.8) is 0 Å². The third-order valence-corrected chi connectivity index (χ3v) is 5.80. The van der Waals surface area contributed by atoms with Crippen molar-refractivity contribution in [1.29, 1.82) is 0 Å². The number of alkyl halides is 3. The second-order valence-electron chi connectivity index (χ2n) is 7.84. The lowest BCUT2D eigenvalue weighted by molar-refractivity contribution is -0.147. The predicted molar refractivity (Wildman–Crippen MR) is 111 cm³/mol. The van der Waals surface area contributed by atoms with E-state index in [1.165, 1.54) is 23.8 Å². The van der Waals surface area contributed by atoms with E-state index in [1.54, 1.807) is 41.3 Å². The number of aromatic nitrogens is 2. The minimum atomic E-state index is -4.54. The van der Waals surface area contributed by atoms with Crippen LogP contribution >= 0.6 is 0 Å². The fraction of sp³-hybridized carbons (Fsp3) is 0.348. The van der Waals surface area contributed by atoms with Crippen molar-refractivity contribution in [3.05, 3.63) is 65.5 Å². The van der Waals surface area contributed by atoms with Gasteiger partial charge in [-0.2, -0.15) is 13.2 Å². The van der Waals surface area contributed by atoms with Gasteiger partial charge in [-0.3, -0.25) is 4.79 Å². The van der Waals surface area contributed by atoms with E-state index < -0.39 is 18.0 Å². The molecule has 0 atom stereocenters. The van der Waals surface area contributed by atoms with E-state index in [-0.39, 0.29) is 18.4 Å². The summed E-state index contributed by atoms with van der Waals surface area (Å²) in [5, 5.41) is 0. The van der Waals surface area contributed by atoms with Gasteiger partial charge in [0, 0.05) is 25.2 Å². The van der Waals surface area contributed by atoms with Gasteiger partial charge in [0.15, 0.2) is 0 Å². The molecule has 1 saturated heterocycles. The van der Waals surface area contributed by atoms with Crippen molar-refractivity contribution in [2.75, 3.05) is 20.2 Å². The van der Waals surface area contributed by atoms with Crippen LogP contribution in [0.15, 0.2) is 48.5 Å². The van der Waals surface area contributed by atoms with E-state index in [0.29, 0.717) is 48.1 Å². The molecule has 0 saturated carbocycles. The minimum Gasteiger partial charge on any atom is -0.465 e. The first-order valence-corrected chi connectivity index (χ1v) is 10.3. The summed E-state index contributed by atoms with van der Waals surface area (Å²) >= 11 is 0. The molecular weight excluding hydrogens is 423 g/mol. The molecule has 2 heterocycles. The molecule has 3 aromatic rings. The molecule has 6 nitrogen and oxygen atoms in total. The SMILES string of the molecule is COC(=O)c1ccc(C(=O)N2CCC(Cn3c(C(F)(F)F)nc4ccccc43)CC2)cc1. The molecular formula is C23H22F3N3O3. The smallest absolute Gasteiger partial charge is 0.449 e. The average molecular weight is 445 g/mol. The molecule has 1 amide bonds. The van der Waals surface area contributed by atoms with Crippen LogP contribution in [-0.2, 0) is 17.5 Å². The number of benzene rings is 2. The first kappa shape index (κ1) is 21.9. The Morgan fingerprint density at radius 3 is 2.28 bits per heavy atom. The van der Waals surface area contributed by atoms with Gasteiger partial charge in [-0.15, -0.1) is 0 Å². The first-order chi connectivity index (χ1) is 15.3. The number of fused-ring (bicyclic) bond motifs is 1. The van der Waals surface area contributed by atoms with Crippen molar-refractivity contribution in [3.8, 4) is 0 Å². The molecule has 32 heavy (non-hydrogen) atoms. The molecule has 1 aliphatic rings. The van der Waals surface area contributed by atoms with Crippen LogP contribution in [0, 0.1) is 5.92 Å². The molecule has 0 N–H and O–H groups in total. The maximum Gasteiger partial charge on any atom is 0.449 e. The van der Waals surface area contributed by atoms with Gasteiger partial charge >= 0.3 is 12.1 Å². The summed E-state index contributed by atoms with van der Waals surface area (Å²) in [6.45, 7) is 1.11. The standard InChI is InChI=1S/C23H22F3N3O3/c1-32-21(31)17-8-6-16(7-9-17)20(30)28-12-10-15(11-13-28)14-29-19-5-3-2-4-18(19)27-22(29)23(24,25)26/h2-9,15H,10-14H2,1H3. The lowest BCUT2D eigenvalue weighted by Gasteiger charge is -2.32. The summed E-state index contributed by atoms with van der Waals surface area (Å²) in [7, 11) is 1.29. The Morgan fingerprint density at radius 2 is 1.66 bits per heavy atom. The largest absolute Gasteiger partial charge is 0.465 e. The van der Waals surface area contributed by atoms with Gasteiger partial charge in [-0.1, -0.05) is 12.1 Å². The van der Waals surface area contributed by atoms with Gasteiger partial charge in [0.25, 0.3) is 5.91 Å². The quantitative estimate of drug-likeness (QED) is 0.559. The number of methoxy groups -OCH3 is 1. The third-order valence-electron chi connectivity index (χ3n) is 5.80. The molecule has 0 spiro atoms. The summed E-state index contributed by atoms with van der Waals surface area (Å²) in [6.07, 6.45) is -3.35. The molecule has 1 aromatic heterocycles. The zero-order valence-electron chi connectivity index (χ0n) is 17.4. The maximum absolute atomic E-state index is 13.5. The predicted octanol–water partition coefficient (Wildman–Crippen LogP) is 4.39. The van der Waals surface area contributed by atoms with E-state index in [0.717, 1.165) is 0 Å². The lowest BCUT2D eigenvalue weighted by atomic mass is 9.96. The number of amides is 1. The second kappa shape index (κ2) is 8.64. The fourth-order valence-corrected chi connectivity index (χ4v) is 4.10. The second-order valence-corrected chi connectivity index (χ2v) is 7.84. The molecule has 0 unspecified atom stereocenters. The number of halogens is 3. The molecule has 0 aliphatic carbocycles.